The summed E-state index contributed by atoms with van der Waals surface area (Å²) in [7, 11) is 6.26. The standard InChI is InChI=1S/C15H21N5/c1-19(2)10-11-20(3)14-7-4-6-13(12-14)18-15-16-8-5-9-17-15/h4-9,12H,10-11H2,1-3H3,(H,16,17,18). The van der Waals surface area contributed by atoms with Crippen LogP contribution in [-0.4, -0.2) is 49.1 Å². The molecule has 1 heterocycles. The fourth-order valence-corrected chi connectivity index (χ4v) is 1.79. The lowest BCUT2D eigenvalue weighted by Crippen LogP contribution is -2.28. The molecule has 0 spiro atoms. The lowest BCUT2D eigenvalue weighted by atomic mass is 10.2. The van der Waals surface area contributed by atoms with Gasteiger partial charge in [-0.3, -0.25) is 0 Å². The van der Waals surface area contributed by atoms with Crippen molar-refractivity contribution in [2.75, 3.05) is 44.4 Å². The zero-order chi connectivity index (χ0) is 14.4. The number of benzene rings is 1. The second kappa shape index (κ2) is 6.86. The molecule has 1 N–H and O–H groups in total. The molecule has 0 bridgehead atoms. The summed E-state index contributed by atoms with van der Waals surface area (Å²) in [6, 6.07) is 10.1. The first kappa shape index (κ1) is 14.3. The van der Waals surface area contributed by atoms with Gasteiger partial charge in [0.05, 0.1) is 0 Å². The largest absolute Gasteiger partial charge is 0.373 e. The molecule has 0 fully saturated rings. The van der Waals surface area contributed by atoms with Gasteiger partial charge in [-0.05, 0) is 38.4 Å². The van der Waals surface area contributed by atoms with Gasteiger partial charge in [0.2, 0.25) is 5.95 Å². The molecule has 1 aromatic heterocycles. The fourth-order valence-electron chi connectivity index (χ4n) is 1.79. The third-order valence-corrected chi connectivity index (χ3v) is 2.99. The van der Waals surface area contributed by atoms with Crippen LogP contribution in [0.3, 0.4) is 0 Å². The summed E-state index contributed by atoms with van der Waals surface area (Å²) < 4.78 is 0. The highest BCUT2D eigenvalue weighted by molar-refractivity contribution is 5.61. The third kappa shape index (κ3) is 4.20. The average Bonchev–Trinajstić information content (AvgIpc) is 2.46. The van der Waals surface area contributed by atoms with Crippen LogP contribution in [0.5, 0.6) is 0 Å². The molecule has 0 aliphatic carbocycles. The molecule has 2 rings (SSSR count). The van der Waals surface area contributed by atoms with Crippen LogP contribution in [0.15, 0.2) is 42.7 Å². The van der Waals surface area contributed by atoms with Crippen LogP contribution >= 0.6 is 0 Å². The first-order valence-electron chi connectivity index (χ1n) is 6.65. The van der Waals surface area contributed by atoms with E-state index in [0.717, 1.165) is 18.8 Å². The van der Waals surface area contributed by atoms with E-state index < -0.39 is 0 Å². The van der Waals surface area contributed by atoms with Crippen molar-refractivity contribution >= 4 is 17.3 Å². The smallest absolute Gasteiger partial charge is 0.227 e. The molecule has 0 atom stereocenters. The minimum absolute atomic E-state index is 0.612. The zero-order valence-electron chi connectivity index (χ0n) is 12.2. The molecule has 5 heteroatoms. The van der Waals surface area contributed by atoms with E-state index in [0.29, 0.717) is 5.95 Å². The van der Waals surface area contributed by atoms with Crippen molar-refractivity contribution in [2.45, 2.75) is 0 Å². The van der Waals surface area contributed by atoms with Crippen molar-refractivity contribution in [1.29, 1.82) is 0 Å². The summed E-state index contributed by atoms with van der Waals surface area (Å²) in [6.45, 7) is 2.01. The molecule has 0 saturated heterocycles. The Labute approximate surface area is 120 Å². The molecule has 106 valence electrons. The molecule has 0 aliphatic rings. The highest BCUT2D eigenvalue weighted by atomic mass is 15.2. The number of hydrogen-bond acceptors (Lipinski definition) is 5. The molecule has 0 aliphatic heterocycles. The number of nitrogens with zero attached hydrogens (tertiary/aromatic N) is 4. The second-order valence-electron chi connectivity index (χ2n) is 4.97. The zero-order valence-corrected chi connectivity index (χ0v) is 12.2. The van der Waals surface area contributed by atoms with Gasteiger partial charge in [-0.15, -0.1) is 0 Å². The van der Waals surface area contributed by atoms with E-state index in [1.165, 1.54) is 5.69 Å². The predicted octanol–water partition coefficient (Wildman–Crippen LogP) is 2.22. The van der Waals surface area contributed by atoms with Crippen molar-refractivity contribution in [2.24, 2.45) is 0 Å². The molecule has 0 radical (unpaired) electrons. The fraction of sp³-hybridized carbons (Fsp3) is 0.333. The van der Waals surface area contributed by atoms with Gasteiger partial charge < -0.3 is 15.1 Å². The van der Waals surface area contributed by atoms with E-state index in [1.807, 2.05) is 12.1 Å². The Kier molecular flexibility index (Phi) is 4.90. The van der Waals surface area contributed by atoms with E-state index in [1.54, 1.807) is 18.5 Å². The molecule has 20 heavy (non-hydrogen) atoms. The van der Waals surface area contributed by atoms with Crippen molar-refractivity contribution in [3.8, 4) is 0 Å². The number of anilines is 3. The Bertz CT molecular complexity index is 527. The number of rotatable bonds is 6. The van der Waals surface area contributed by atoms with Gasteiger partial charge in [-0.1, -0.05) is 6.07 Å². The summed E-state index contributed by atoms with van der Waals surface area (Å²) in [5.74, 6) is 0.612. The third-order valence-electron chi connectivity index (χ3n) is 2.99. The average molecular weight is 271 g/mol. The first-order valence-corrected chi connectivity index (χ1v) is 6.65. The van der Waals surface area contributed by atoms with Gasteiger partial charge in [0.15, 0.2) is 0 Å². The predicted molar refractivity (Wildman–Crippen MR) is 83.6 cm³/mol. The molecule has 2 aromatic rings. The lowest BCUT2D eigenvalue weighted by Gasteiger charge is -2.22. The number of aromatic nitrogens is 2. The quantitative estimate of drug-likeness (QED) is 0.872. The van der Waals surface area contributed by atoms with E-state index in [-0.39, 0.29) is 0 Å². The maximum Gasteiger partial charge on any atom is 0.227 e. The maximum absolute atomic E-state index is 4.17. The number of hydrogen-bond donors (Lipinski definition) is 1. The van der Waals surface area contributed by atoms with Gasteiger partial charge in [0.25, 0.3) is 0 Å². The van der Waals surface area contributed by atoms with E-state index in [4.69, 9.17) is 0 Å². The molecule has 0 amide bonds. The van der Waals surface area contributed by atoms with Crippen LogP contribution in [0.4, 0.5) is 17.3 Å². The summed E-state index contributed by atoms with van der Waals surface area (Å²) in [4.78, 5) is 12.7. The van der Waals surface area contributed by atoms with Crippen molar-refractivity contribution < 1.29 is 0 Å². The number of nitrogens with one attached hydrogen (secondary N) is 1. The van der Waals surface area contributed by atoms with E-state index in [2.05, 4.69) is 58.4 Å². The minimum atomic E-state index is 0.612. The maximum atomic E-state index is 4.17. The van der Waals surface area contributed by atoms with Crippen molar-refractivity contribution in [1.82, 2.24) is 14.9 Å². The molecule has 1 aromatic carbocycles. The molecular formula is C15H21N5. The monoisotopic (exact) mass is 271 g/mol. The highest BCUT2D eigenvalue weighted by Crippen LogP contribution is 2.20. The first-order chi connectivity index (χ1) is 9.65. The molecule has 5 nitrogen and oxygen atoms in total. The van der Waals surface area contributed by atoms with E-state index >= 15 is 0 Å². The normalized spacial score (nSPS) is 10.6. The van der Waals surface area contributed by atoms with Gasteiger partial charge in [-0.2, -0.15) is 0 Å². The van der Waals surface area contributed by atoms with Crippen LogP contribution in [0, 0.1) is 0 Å². The Morgan fingerprint density at radius 3 is 2.45 bits per heavy atom. The van der Waals surface area contributed by atoms with E-state index in [9.17, 15) is 0 Å². The van der Waals surface area contributed by atoms with Gasteiger partial charge in [0, 0.05) is 43.9 Å². The SMILES string of the molecule is CN(C)CCN(C)c1cccc(Nc2ncccn2)c1. The Balaban J connectivity index is 2.04. The van der Waals surface area contributed by atoms with Crippen LogP contribution in [0.25, 0.3) is 0 Å². The Morgan fingerprint density at radius 1 is 1.00 bits per heavy atom. The lowest BCUT2D eigenvalue weighted by molar-refractivity contribution is 0.416. The van der Waals surface area contributed by atoms with Crippen molar-refractivity contribution in [3.63, 3.8) is 0 Å². The Morgan fingerprint density at radius 2 is 1.75 bits per heavy atom. The van der Waals surface area contributed by atoms with Crippen LogP contribution in [-0.2, 0) is 0 Å². The van der Waals surface area contributed by atoms with Gasteiger partial charge >= 0.3 is 0 Å². The number of likely N-dealkylation sites (N-methyl/N-ethyl adjacent to an activating group) is 2. The summed E-state index contributed by atoms with van der Waals surface area (Å²) in [5, 5.41) is 3.20. The molecule has 0 unspecified atom stereocenters. The second-order valence-corrected chi connectivity index (χ2v) is 4.97. The van der Waals surface area contributed by atoms with Gasteiger partial charge in [0.1, 0.15) is 0 Å². The van der Waals surface area contributed by atoms with Crippen LogP contribution in [0.2, 0.25) is 0 Å². The minimum Gasteiger partial charge on any atom is -0.373 e. The van der Waals surface area contributed by atoms with Gasteiger partial charge in [-0.25, -0.2) is 9.97 Å². The Hall–Kier alpha value is -2.14. The van der Waals surface area contributed by atoms with Crippen LogP contribution in [0.1, 0.15) is 0 Å². The van der Waals surface area contributed by atoms with Crippen molar-refractivity contribution in [3.05, 3.63) is 42.7 Å². The highest BCUT2D eigenvalue weighted by Gasteiger charge is 2.03. The summed E-state index contributed by atoms with van der Waals surface area (Å²) in [5.41, 5.74) is 2.16. The molecule has 0 saturated carbocycles. The topological polar surface area (TPSA) is 44.3 Å². The molecular weight excluding hydrogens is 250 g/mol. The summed E-state index contributed by atoms with van der Waals surface area (Å²) in [6.07, 6.45) is 3.45. The summed E-state index contributed by atoms with van der Waals surface area (Å²) >= 11 is 0. The van der Waals surface area contributed by atoms with Crippen LogP contribution < -0.4 is 10.2 Å².